The number of fused-ring (bicyclic) bond motifs is 1. The Morgan fingerprint density at radius 2 is 1.73 bits per heavy atom. The molecule has 0 spiro atoms. The Kier molecular flexibility index (Phi) is 9.16. The number of allylic oxidation sites excluding steroid dienone is 1. The lowest BCUT2D eigenvalue weighted by atomic mass is 9.95. The molecule has 1 N–H and O–H groups in total. The Morgan fingerprint density at radius 1 is 1.00 bits per heavy atom. The Labute approximate surface area is 280 Å². The van der Waals surface area contributed by atoms with E-state index >= 15 is 0 Å². The fourth-order valence-corrected chi connectivity index (χ4v) is 7.58. The Morgan fingerprint density at radius 3 is 2.47 bits per heavy atom. The van der Waals surface area contributed by atoms with Crippen LogP contribution < -0.4 is 29.7 Å². The Balaban J connectivity index is 1.48. The predicted molar refractivity (Wildman–Crippen MR) is 184 cm³/mol. The molecule has 0 fully saturated rings. The summed E-state index contributed by atoms with van der Waals surface area (Å²) < 4.78 is 15.4. The highest BCUT2D eigenvalue weighted by Crippen LogP contribution is 2.35. The molecule has 1 aliphatic heterocycles. The van der Waals surface area contributed by atoms with E-state index in [-0.39, 0.29) is 11.5 Å². The van der Waals surface area contributed by atoms with E-state index in [0.717, 1.165) is 20.1 Å². The van der Waals surface area contributed by atoms with Crippen LogP contribution in [0.3, 0.4) is 0 Å². The van der Waals surface area contributed by atoms with Gasteiger partial charge in [-0.2, -0.15) is 0 Å². The number of ether oxygens (including phenoxy) is 2. The lowest BCUT2D eigenvalue weighted by molar-refractivity contribution is -0.113. The van der Waals surface area contributed by atoms with Gasteiger partial charge >= 0.3 is 0 Å². The monoisotopic (exact) mass is 743 g/mol. The van der Waals surface area contributed by atoms with Gasteiger partial charge in [-0.1, -0.05) is 87.9 Å². The van der Waals surface area contributed by atoms with Gasteiger partial charge in [0.25, 0.3) is 11.5 Å². The van der Waals surface area contributed by atoms with Gasteiger partial charge in [0.15, 0.2) is 4.80 Å². The first-order valence-electron chi connectivity index (χ1n) is 14.0. The fraction of sp³-hybridized carbons (Fsp3) is 0.114. The van der Waals surface area contributed by atoms with Crippen LogP contribution in [0.4, 0.5) is 5.69 Å². The number of methoxy groups -OCH3 is 1. The van der Waals surface area contributed by atoms with E-state index in [4.69, 9.17) is 14.5 Å². The number of amides is 1. The lowest BCUT2D eigenvalue weighted by Gasteiger charge is -2.25. The number of halogens is 2. The third-order valence-electron chi connectivity index (χ3n) is 7.26. The van der Waals surface area contributed by atoms with Crippen LogP contribution in [-0.2, 0) is 11.4 Å². The second-order valence-corrected chi connectivity index (χ2v) is 13.0. The fourth-order valence-electron chi connectivity index (χ4n) is 5.17. The van der Waals surface area contributed by atoms with Crippen molar-refractivity contribution in [3.8, 4) is 11.5 Å². The standard InChI is InChI=1S/C35H27Br2N3O4S/c1-21-30(33(41)39-26-13-7-4-8-14-26)31(23-12-9-15-27(17-23)43-2)40-34(42)29(45-35(40)38-21)18-24-16-25(36)19-28(37)32(24)44-20-22-10-5-3-6-11-22/h3-19,31H,20H2,1-2H3,(H,39,41)/b29-18-/t31-/m1/s1. The molecular weight excluding hydrogens is 718 g/mol. The van der Waals surface area contributed by atoms with Crippen molar-refractivity contribution in [2.24, 2.45) is 4.99 Å². The molecule has 4 aromatic carbocycles. The van der Waals surface area contributed by atoms with Gasteiger partial charge in [-0.05, 0) is 76.5 Å². The van der Waals surface area contributed by atoms with Gasteiger partial charge in [0.1, 0.15) is 18.1 Å². The van der Waals surface area contributed by atoms with Crippen LogP contribution in [0.1, 0.15) is 29.7 Å². The summed E-state index contributed by atoms with van der Waals surface area (Å²) >= 11 is 8.48. The molecule has 1 aromatic heterocycles. The van der Waals surface area contributed by atoms with Crippen LogP contribution in [-0.4, -0.2) is 17.6 Å². The summed E-state index contributed by atoms with van der Waals surface area (Å²) in [5.41, 5.74) is 3.75. The maximum absolute atomic E-state index is 14.3. The maximum Gasteiger partial charge on any atom is 0.271 e. The molecule has 0 saturated carbocycles. The highest BCUT2D eigenvalue weighted by atomic mass is 79.9. The van der Waals surface area contributed by atoms with E-state index < -0.39 is 6.04 Å². The van der Waals surface area contributed by atoms with Gasteiger partial charge in [-0.3, -0.25) is 14.2 Å². The van der Waals surface area contributed by atoms with Gasteiger partial charge in [-0.25, -0.2) is 4.99 Å². The largest absolute Gasteiger partial charge is 0.497 e. The summed E-state index contributed by atoms with van der Waals surface area (Å²) in [4.78, 5) is 33.4. The summed E-state index contributed by atoms with van der Waals surface area (Å²) in [6.07, 6.45) is 1.81. The van der Waals surface area contributed by atoms with E-state index in [1.54, 1.807) is 18.6 Å². The van der Waals surface area contributed by atoms with Crippen LogP contribution in [0.15, 0.2) is 127 Å². The molecule has 0 saturated heterocycles. The second-order valence-electron chi connectivity index (χ2n) is 10.3. The number of hydrogen-bond acceptors (Lipinski definition) is 6. The normalized spacial score (nSPS) is 14.5. The van der Waals surface area contributed by atoms with Crippen molar-refractivity contribution in [1.29, 1.82) is 0 Å². The number of nitrogens with zero attached hydrogens (tertiary/aromatic N) is 2. The van der Waals surface area contributed by atoms with E-state index in [9.17, 15) is 9.59 Å². The highest BCUT2D eigenvalue weighted by molar-refractivity contribution is 9.11. The van der Waals surface area contributed by atoms with Crippen molar-refractivity contribution in [1.82, 2.24) is 4.57 Å². The minimum absolute atomic E-state index is 0.269. The first kappa shape index (κ1) is 30.8. The Bertz CT molecular complexity index is 2110. The van der Waals surface area contributed by atoms with E-state index in [0.29, 0.717) is 50.0 Å². The molecule has 0 unspecified atom stereocenters. The number of nitrogens with one attached hydrogen (secondary N) is 1. The zero-order valence-corrected chi connectivity index (χ0v) is 28.3. The number of aromatic nitrogens is 1. The van der Waals surface area contributed by atoms with Gasteiger partial charge in [0, 0.05) is 15.7 Å². The van der Waals surface area contributed by atoms with Crippen molar-refractivity contribution in [3.63, 3.8) is 0 Å². The van der Waals surface area contributed by atoms with E-state index in [1.807, 2.05) is 103 Å². The van der Waals surface area contributed by atoms with Gasteiger partial charge in [-0.15, -0.1) is 0 Å². The van der Waals surface area contributed by atoms with Crippen molar-refractivity contribution >= 4 is 60.9 Å². The molecule has 2 heterocycles. The van der Waals surface area contributed by atoms with E-state index in [1.165, 1.54) is 11.3 Å². The summed E-state index contributed by atoms with van der Waals surface area (Å²) in [6.45, 7) is 2.16. The third-order valence-corrected chi connectivity index (χ3v) is 9.29. The van der Waals surface area contributed by atoms with Gasteiger partial charge in [0.05, 0.1) is 33.4 Å². The summed E-state index contributed by atoms with van der Waals surface area (Å²) in [5, 5.41) is 2.98. The number of carbonyl (C=O) groups excluding carboxylic acids is 1. The first-order valence-corrected chi connectivity index (χ1v) is 16.4. The number of thiazole rings is 1. The maximum atomic E-state index is 14.3. The average Bonchev–Trinajstić information content (AvgIpc) is 3.34. The molecule has 1 amide bonds. The predicted octanol–water partition coefficient (Wildman–Crippen LogP) is 6.99. The zero-order chi connectivity index (χ0) is 31.5. The molecule has 10 heteroatoms. The molecule has 0 aliphatic carbocycles. The molecule has 6 rings (SSSR count). The van der Waals surface area contributed by atoms with Crippen LogP contribution >= 0.6 is 43.2 Å². The quantitative estimate of drug-likeness (QED) is 0.186. The SMILES string of the molecule is COc1cccc([C@@H]2C(C(=O)Nc3ccccc3)=C(C)N=c3s/c(=C\c4cc(Br)cc(Br)c4OCc4ccccc4)c(=O)n32)c1. The molecule has 1 atom stereocenters. The van der Waals surface area contributed by atoms with Crippen molar-refractivity contribution in [2.45, 2.75) is 19.6 Å². The number of carbonyl (C=O) groups is 1. The van der Waals surface area contributed by atoms with Crippen LogP contribution in [0.5, 0.6) is 11.5 Å². The van der Waals surface area contributed by atoms with Gasteiger partial charge in [0.2, 0.25) is 0 Å². The van der Waals surface area contributed by atoms with Crippen LogP contribution in [0, 0.1) is 0 Å². The molecule has 0 radical (unpaired) electrons. The number of hydrogen-bond donors (Lipinski definition) is 1. The number of rotatable bonds is 8. The third kappa shape index (κ3) is 6.58. The molecule has 1 aliphatic rings. The number of para-hydroxylation sites is 1. The molecule has 7 nitrogen and oxygen atoms in total. The topological polar surface area (TPSA) is 81.9 Å². The minimum Gasteiger partial charge on any atom is -0.497 e. The van der Waals surface area contributed by atoms with E-state index in [2.05, 4.69) is 37.2 Å². The second kappa shape index (κ2) is 13.4. The smallest absolute Gasteiger partial charge is 0.271 e. The molecular formula is C35H27Br2N3O4S. The van der Waals surface area contributed by atoms with Crippen LogP contribution in [0.25, 0.3) is 6.08 Å². The van der Waals surface area contributed by atoms with Crippen molar-refractivity contribution < 1.29 is 14.3 Å². The molecule has 45 heavy (non-hydrogen) atoms. The summed E-state index contributed by atoms with van der Waals surface area (Å²) in [7, 11) is 1.59. The van der Waals surface area contributed by atoms with Crippen LogP contribution in [0.2, 0.25) is 0 Å². The average molecular weight is 745 g/mol. The number of anilines is 1. The summed E-state index contributed by atoms with van der Waals surface area (Å²) in [6, 6.07) is 29.6. The molecule has 5 aromatic rings. The molecule has 0 bridgehead atoms. The molecule has 226 valence electrons. The van der Waals surface area contributed by atoms with Crippen molar-refractivity contribution in [2.75, 3.05) is 12.4 Å². The van der Waals surface area contributed by atoms with Gasteiger partial charge < -0.3 is 14.8 Å². The van der Waals surface area contributed by atoms with Crippen molar-refractivity contribution in [3.05, 3.63) is 154 Å². The first-order chi connectivity index (χ1) is 21.8. The number of benzene rings is 4. The lowest BCUT2D eigenvalue weighted by Crippen LogP contribution is -2.40. The summed E-state index contributed by atoms with van der Waals surface area (Å²) in [5.74, 6) is 0.889. The highest BCUT2D eigenvalue weighted by Gasteiger charge is 2.33. The zero-order valence-electron chi connectivity index (χ0n) is 24.3. The minimum atomic E-state index is -0.731. The Hall–Kier alpha value is -4.25.